The highest BCUT2D eigenvalue weighted by Crippen LogP contribution is 1.90. The molecule has 0 radical (unpaired) electrons. The van der Waals surface area contributed by atoms with Gasteiger partial charge in [0, 0.05) is 20.6 Å². The van der Waals surface area contributed by atoms with Gasteiger partial charge in [-0.15, -0.1) is 0 Å². The van der Waals surface area contributed by atoms with Crippen LogP contribution in [0.25, 0.3) is 0 Å². The van der Waals surface area contributed by atoms with Crippen LogP contribution >= 0.6 is 0 Å². The second-order valence-corrected chi connectivity index (χ2v) is 3.13. The molecule has 0 aromatic carbocycles. The molecule has 0 saturated heterocycles. The van der Waals surface area contributed by atoms with Crippen LogP contribution in [0, 0.1) is 0 Å². The Morgan fingerprint density at radius 1 is 1.43 bits per heavy atom. The van der Waals surface area contributed by atoms with E-state index in [9.17, 15) is 9.59 Å². The predicted molar refractivity (Wildman–Crippen MR) is 54.8 cm³/mol. The van der Waals surface area contributed by atoms with E-state index >= 15 is 0 Å². The van der Waals surface area contributed by atoms with Gasteiger partial charge in [-0.25, -0.2) is 0 Å². The minimum atomic E-state index is -0.322. The van der Waals surface area contributed by atoms with E-state index in [1.54, 1.807) is 25.9 Å². The molecule has 0 spiro atoms. The number of nitrogens with one attached hydrogen (secondary N) is 2. The van der Waals surface area contributed by atoms with Crippen LogP contribution in [-0.2, 0) is 9.59 Å². The van der Waals surface area contributed by atoms with Crippen molar-refractivity contribution in [2.45, 2.75) is 19.9 Å². The Kier molecular flexibility index (Phi) is 5.87. The van der Waals surface area contributed by atoms with E-state index in [2.05, 4.69) is 10.6 Å². The molecule has 5 heteroatoms. The number of rotatable bonds is 5. The molecule has 0 aliphatic heterocycles. The summed E-state index contributed by atoms with van der Waals surface area (Å²) in [7, 11) is 3.30. The van der Waals surface area contributed by atoms with Gasteiger partial charge < -0.3 is 10.2 Å². The van der Waals surface area contributed by atoms with Crippen molar-refractivity contribution in [2.75, 3.05) is 27.2 Å². The van der Waals surface area contributed by atoms with Gasteiger partial charge in [0.2, 0.25) is 11.8 Å². The Bertz CT molecular complexity index is 206. The molecule has 0 heterocycles. The average molecular weight is 201 g/mol. The van der Waals surface area contributed by atoms with Crippen LogP contribution in [0.2, 0.25) is 0 Å². The summed E-state index contributed by atoms with van der Waals surface area (Å²) < 4.78 is 0. The van der Waals surface area contributed by atoms with Crippen molar-refractivity contribution in [3.8, 4) is 0 Å². The van der Waals surface area contributed by atoms with Gasteiger partial charge >= 0.3 is 0 Å². The van der Waals surface area contributed by atoms with E-state index in [-0.39, 0.29) is 24.4 Å². The summed E-state index contributed by atoms with van der Waals surface area (Å²) in [6.45, 7) is 4.49. The average Bonchev–Trinajstić information content (AvgIpc) is 2.22. The third-order valence-electron chi connectivity index (χ3n) is 2.07. The number of nitrogens with zero attached hydrogens (tertiary/aromatic N) is 1. The second-order valence-electron chi connectivity index (χ2n) is 3.13. The maximum atomic E-state index is 11.5. The standard InChI is InChI=1S/C9H19N3O2/c1-5-12(4)9(14)7(2)11-6-8(13)10-3/h7,11H,5-6H2,1-4H3,(H,10,13). The Balaban J connectivity index is 3.90. The molecular weight excluding hydrogens is 182 g/mol. The summed E-state index contributed by atoms with van der Waals surface area (Å²) in [6.07, 6.45) is 0. The molecule has 2 amide bonds. The summed E-state index contributed by atoms with van der Waals surface area (Å²) in [5.41, 5.74) is 0. The van der Waals surface area contributed by atoms with Gasteiger partial charge in [-0.2, -0.15) is 0 Å². The summed E-state index contributed by atoms with van der Waals surface area (Å²) >= 11 is 0. The molecule has 1 unspecified atom stereocenters. The molecule has 0 aromatic heterocycles. The lowest BCUT2D eigenvalue weighted by atomic mass is 10.3. The zero-order valence-corrected chi connectivity index (χ0v) is 9.26. The van der Waals surface area contributed by atoms with Gasteiger partial charge in [0.25, 0.3) is 0 Å². The Hall–Kier alpha value is -1.10. The van der Waals surface area contributed by atoms with Crippen LogP contribution in [0.5, 0.6) is 0 Å². The Morgan fingerprint density at radius 3 is 2.43 bits per heavy atom. The van der Waals surface area contributed by atoms with Gasteiger partial charge in [-0.3, -0.25) is 14.9 Å². The van der Waals surface area contributed by atoms with Crippen molar-refractivity contribution in [1.82, 2.24) is 15.5 Å². The second kappa shape index (κ2) is 6.37. The normalized spacial score (nSPS) is 12.0. The molecule has 82 valence electrons. The fourth-order valence-corrected chi connectivity index (χ4v) is 0.908. The highest BCUT2D eigenvalue weighted by molar-refractivity contribution is 5.83. The number of carbonyl (C=O) groups is 2. The maximum Gasteiger partial charge on any atom is 0.239 e. The van der Waals surface area contributed by atoms with Crippen molar-refractivity contribution >= 4 is 11.8 Å². The van der Waals surface area contributed by atoms with Crippen LogP contribution in [0.15, 0.2) is 0 Å². The Labute approximate surface area is 84.8 Å². The fraction of sp³-hybridized carbons (Fsp3) is 0.778. The number of amides is 2. The van der Waals surface area contributed by atoms with Crippen molar-refractivity contribution in [2.24, 2.45) is 0 Å². The molecule has 14 heavy (non-hydrogen) atoms. The first-order valence-electron chi connectivity index (χ1n) is 4.71. The number of carbonyl (C=O) groups excluding carboxylic acids is 2. The van der Waals surface area contributed by atoms with E-state index < -0.39 is 0 Å². The van der Waals surface area contributed by atoms with Gasteiger partial charge in [0.15, 0.2) is 0 Å². The topological polar surface area (TPSA) is 61.4 Å². The lowest BCUT2D eigenvalue weighted by molar-refractivity contribution is -0.131. The highest BCUT2D eigenvalue weighted by Gasteiger charge is 2.15. The summed E-state index contributed by atoms with van der Waals surface area (Å²) in [5.74, 6) is -0.125. The minimum absolute atomic E-state index is 0.00333. The largest absolute Gasteiger partial charge is 0.358 e. The zero-order chi connectivity index (χ0) is 11.1. The van der Waals surface area contributed by atoms with Gasteiger partial charge in [0.05, 0.1) is 12.6 Å². The lowest BCUT2D eigenvalue weighted by Gasteiger charge is -2.20. The summed E-state index contributed by atoms with van der Waals surface area (Å²) in [4.78, 5) is 24.0. The first-order valence-corrected chi connectivity index (χ1v) is 4.71. The van der Waals surface area contributed by atoms with Crippen molar-refractivity contribution in [3.63, 3.8) is 0 Å². The molecule has 2 N–H and O–H groups in total. The molecule has 1 atom stereocenters. The lowest BCUT2D eigenvalue weighted by Crippen LogP contribution is -2.46. The molecule has 0 fully saturated rings. The number of likely N-dealkylation sites (N-methyl/N-ethyl adjacent to an activating group) is 2. The molecular formula is C9H19N3O2. The molecule has 0 aliphatic rings. The number of hydrogen-bond acceptors (Lipinski definition) is 3. The molecule has 0 rings (SSSR count). The Morgan fingerprint density at radius 2 is 2.00 bits per heavy atom. The van der Waals surface area contributed by atoms with Gasteiger partial charge in [-0.05, 0) is 13.8 Å². The van der Waals surface area contributed by atoms with Gasteiger partial charge in [0.1, 0.15) is 0 Å². The van der Waals surface area contributed by atoms with Crippen molar-refractivity contribution in [3.05, 3.63) is 0 Å². The van der Waals surface area contributed by atoms with Crippen LogP contribution in [-0.4, -0.2) is 49.9 Å². The smallest absolute Gasteiger partial charge is 0.239 e. The summed E-state index contributed by atoms with van der Waals surface area (Å²) in [5, 5.41) is 5.32. The van der Waals surface area contributed by atoms with E-state index in [1.165, 1.54) is 0 Å². The first-order chi connectivity index (χ1) is 6.52. The van der Waals surface area contributed by atoms with E-state index in [0.29, 0.717) is 6.54 Å². The van der Waals surface area contributed by atoms with Crippen molar-refractivity contribution in [1.29, 1.82) is 0 Å². The maximum absolute atomic E-state index is 11.5. The minimum Gasteiger partial charge on any atom is -0.358 e. The van der Waals surface area contributed by atoms with E-state index in [1.807, 2.05) is 6.92 Å². The van der Waals surface area contributed by atoms with Crippen LogP contribution < -0.4 is 10.6 Å². The highest BCUT2D eigenvalue weighted by atomic mass is 16.2. The summed E-state index contributed by atoms with van der Waals surface area (Å²) in [6, 6.07) is -0.322. The molecule has 0 saturated carbocycles. The van der Waals surface area contributed by atoms with Crippen molar-refractivity contribution < 1.29 is 9.59 Å². The van der Waals surface area contributed by atoms with Gasteiger partial charge in [-0.1, -0.05) is 0 Å². The van der Waals surface area contributed by atoms with Crippen LogP contribution in [0.3, 0.4) is 0 Å². The molecule has 0 bridgehead atoms. The monoisotopic (exact) mass is 201 g/mol. The predicted octanol–water partition coefficient (Wildman–Crippen LogP) is -0.811. The molecule has 5 nitrogen and oxygen atoms in total. The number of hydrogen-bond donors (Lipinski definition) is 2. The third kappa shape index (κ3) is 4.23. The molecule has 0 aliphatic carbocycles. The van der Waals surface area contributed by atoms with E-state index in [0.717, 1.165) is 0 Å². The van der Waals surface area contributed by atoms with Crippen LogP contribution in [0.4, 0.5) is 0 Å². The van der Waals surface area contributed by atoms with Crippen LogP contribution in [0.1, 0.15) is 13.8 Å². The fourth-order valence-electron chi connectivity index (χ4n) is 0.908. The zero-order valence-electron chi connectivity index (χ0n) is 9.26. The first kappa shape index (κ1) is 12.9. The third-order valence-corrected chi connectivity index (χ3v) is 2.07. The SMILES string of the molecule is CCN(C)C(=O)C(C)NCC(=O)NC. The molecule has 0 aromatic rings. The van der Waals surface area contributed by atoms with E-state index in [4.69, 9.17) is 0 Å². The quantitative estimate of drug-likeness (QED) is 0.611.